The molecule has 0 fully saturated rings. The first-order chi connectivity index (χ1) is 15.0. The lowest BCUT2D eigenvalue weighted by molar-refractivity contribution is -0.113. The molecular formula is C22H15N5O3S. The van der Waals surface area contributed by atoms with Gasteiger partial charge in [-0.2, -0.15) is 5.10 Å². The maximum atomic E-state index is 12.8. The molecule has 31 heavy (non-hydrogen) atoms. The molecule has 0 aliphatic heterocycles. The van der Waals surface area contributed by atoms with Gasteiger partial charge in [0.2, 0.25) is 5.91 Å². The van der Waals surface area contributed by atoms with Crippen LogP contribution in [0, 0.1) is 0 Å². The van der Waals surface area contributed by atoms with Crippen molar-refractivity contribution < 1.29 is 14.4 Å². The predicted molar refractivity (Wildman–Crippen MR) is 115 cm³/mol. The number of thioether (sulfide) groups is 1. The van der Waals surface area contributed by atoms with Crippen LogP contribution in [0.1, 0.15) is 31.8 Å². The molecule has 5 rings (SSSR count). The second-order valence-corrected chi connectivity index (χ2v) is 7.95. The highest BCUT2D eigenvalue weighted by Crippen LogP contribution is 2.29. The summed E-state index contributed by atoms with van der Waals surface area (Å²) < 4.78 is 1.64. The molecule has 152 valence electrons. The quantitative estimate of drug-likeness (QED) is 0.346. The summed E-state index contributed by atoms with van der Waals surface area (Å²) >= 11 is 1.27. The smallest absolute Gasteiger partial charge is 0.234 e. The second-order valence-electron chi connectivity index (χ2n) is 6.99. The molecule has 1 N–H and O–H groups in total. The zero-order chi connectivity index (χ0) is 21.5. The summed E-state index contributed by atoms with van der Waals surface area (Å²) in [5, 5.41) is 8.39. The molecule has 4 aromatic rings. The van der Waals surface area contributed by atoms with Crippen LogP contribution in [0.15, 0.2) is 60.0 Å². The van der Waals surface area contributed by atoms with Crippen molar-refractivity contribution in [1.82, 2.24) is 19.7 Å². The van der Waals surface area contributed by atoms with Gasteiger partial charge < -0.3 is 5.32 Å². The van der Waals surface area contributed by atoms with Gasteiger partial charge in [0, 0.05) is 35.0 Å². The molecule has 0 bridgehead atoms. The highest BCUT2D eigenvalue weighted by atomic mass is 32.2. The number of benzene rings is 2. The lowest BCUT2D eigenvalue weighted by atomic mass is 9.84. The fourth-order valence-electron chi connectivity index (χ4n) is 3.56. The number of aromatic nitrogens is 4. The Morgan fingerprint density at radius 1 is 1.00 bits per heavy atom. The van der Waals surface area contributed by atoms with Crippen molar-refractivity contribution >= 4 is 46.0 Å². The number of nitrogens with one attached hydrogen (secondary N) is 1. The number of anilines is 1. The third-order valence-corrected chi connectivity index (χ3v) is 6.05. The summed E-state index contributed by atoms with van der Waals surface area (Å²) in [5.41, 5.74) is 2.57. The van der Waals surface area contributed by atoms with E-state index in [1.807, 2.05) is 0 Å². The van der Waals surface area contributed by atoms with E-state index in [1.165, 1.54) is 18.1 Å². The maximum absolute atomic E-state index is 12.8. The van der Waals surface area contributed by atoms with E-state index in [4.69, 9.17) is 0 Å². The van der Waals surface area contributed by atoms with Crippen molar-refractivity contribution in [2.75, 3.05) is 11.1 Å². The predicted octanol–water partition coefficient (Wildman–Crippen LogP) is 2.87. The molecule has 0 saturated carbocycles. The average Bonchev–Trinajstić information content (AvgIpc) is 3.17. The Morgan fingerprint density at radius 3 is 2.48 bits per heavy atom. The number of hydrogen-bond acceptors (Lipinski definition) is 7. The van der Waals surface area contributed by atoms with Crippen LogP contribution < -0.4 is 5.32 Å². The molecule has 2 aromatic carbocycles. The van der Waals surface area contributed by atoms with Gasteiger partial charge in [-0.1, -0.05) is 36.0 Å². The summed E-state index contributed by atoms with van der Waals surface area (Å²) in [5.74, 6) is -0.553. The van der Waals surface area contributed by atoms with Gasteiger partial charge in [0.15, 0.2) is 17.2 Å². The first-order valence-corrected chi connectivity index (χ1v) is 10.4. The monoisotopic (exact) mass is 429 g/mol. The minimum atomic E-state index is -0.254. The minimum absolute atomic E-state index is 0.119. The third kappa shape index (κ3) is 3.28. The molecule has 1 aliphatic rings. The Hall–Kier alpha value is -3.85. The molecule has 1 amide bonds. The van der Waals surface area contributed by atoms with Crippen molar-refractivity contribution in [2.45, 2.75) is 5.03 Å². The number of carbonyl (C=O) groups excluding carboxylic acids is 3. The number of ketones is 2. The Balaban J connectivity index is 1.33. The summed E-state index contributed by atoms with van der Waals surface area (Å²) in [6.07, 6.45) is 3.10. The van der Waals surface area contributed by atoms with Crippen LogP contribution in [0.5, 0.6) is 0 Å². The van der Waals surface area contributed by atoms with Crippen LogP contribution in [0.25, 0.3) is 11.0 Å². The average molecular weight is 429 g/mol. The molecule has 0 radical (unpaired) electrons. The minimum Gasteiger partial charge on any atom is -0.325 e. The van der Waals surface area contributed by atoms with Crippen molar-refractivity contribution in [3.8, 4) is 0 Å². The van der Waals surface area contributed by atoms with Gasteiger partial charge in [0.1, 0.15) is 11.4 Å². The second kappa shape index (κ2) is 7.44. The Labute approximate surface area is 180 Å². The molecule has 2 heterocycles. The number of rotatable bonds is 4. The topological polar surface area (TPSA) is 107 Å². The summed E-state index contributed by atoms with van der Waals surface area (Å²) in [6, 6.07) is 11.5. The van der Waals surface area contributed by atoms with Crippen LogP contribution >= 0.6 is 11.8 Å². The fraction of sp³-hybridized carbons (Fsp3) is 0.0909. The lowest BCUT2D eigenvalue weighted by Crippen LogP contribution is -2.21. The summed E-state index contributed by atoms with van der Waals surface area (Å²) in [7, 11) is 1.79. The zero-order valence-corrected chi connectivity index (χ0v) is 17.1. The zero-order valence-electron chi connectivity index (χ0n) is 16.3. The highest BCUT2D eigenvalue weighted by Gasteiger charge is 2.29. The standard InChI is InChI=1S/C22H15N5O3S/c1-27-21-17(9-25-27)22(24-11-23-21)31-10-18(28)26-12-6-7-15-16(8-12)20(30)14-5-3-2-4-13(14)19(15)29/h2-9,11H,10H2,1H3,(H,26,28). The molecule has 8 nitrogen and oxygen atoms in total. The van der Waals surface area contributed by atoms with Gasteiger partial charge in [-0.3, -0.25) is 19.1 Å². The van der Waals surface area contributed by atoms with E-state index >= 15 is 0 Å². The van der Waals surface area contributed by atoms with Crippen molar-refractivity contribution in [3.63, 3.8) is 0 Å². The molecular weight excluding hydrogens is 414 g/mol. The van der Waals surface area contributed by atoms with Crippen molar-refractivity contribution in [1.29, 1.82) is 0 Å². The van der Waals surface area contributed by atoms with E-state index in [-0.39, 0.29) is 23.2 Å². The molecule has 9 heteroatoms. The SMILES string of the molecule is Cn1ncc2c(SCC(=O)Nc3ccc4c(c3)C(=O)c3ccccc3C4=O)ncnc21. The van der Waals surface area contributed by atoms with Gasteiger partial charge in [0.05, 0.1) is 17.3 Å². The first-order valence-electron chi connectivity index (χ1n) is 9.41. The van der Waals surface area contributed by atoms with Gasteiger partial charge >= 0.3 is 0 Å². The van der Waals surface area contributed by atoms with Crippen molar-refractivity contribution in [3.05, 3.63) is 77.2 Å². The van der Waals surface area contributed by atoms with E-state index in [2.05, 4.69) is 20.4 Å². The van der Waals surface area contributed by atoms with Crippen LogP contribution in [0.4, 0.5) is 5.69 Å². The van der Waals surface area contributed by atoms with Gasteiger partial charge in [-0.05, 0) is 18.2 Å². The number of nitrogens with zero attached hydrogens (tertiary/aromatic N) is 4. The maximum Gasteiger partial charge on any atom is 0.234 e. The number of fused-ring (bicyclic) bond motifs is 3. The molecule has 0 unspecified atom stereocenters. The van der Waals surface area contributed by atoms with E-state index in [0.717, 1.165) is 5.39 Å². The molecule has 0 saturated heterocycles. The van der Waals surface area contributed by atoms with Crippen LogP contribution in [0.3, 0.4) is 0 Å². The Morgan fingerprint density at radius 2 is 1.71 bits per heavy atom. The molecule has 1 aliphatic carbocycles. The Bertz CT molecular complexity index is 1400. The lowest BCUT2D eigenvalue weighted by Gasteiger charge is -2.18. The summed E-state index contributed by atoms with van der Waals surface area (Å²) in [4.78, 5) is 46.4. The number of aryl methyl sites for hydroxylation is 1. The van der Waals surface area contributed by atoms with Crippen molar-refractivity contribution in [2.24, 2.45) is 7.05 Å². The number of amides is 1. The highest BCUT2D eigenvalue weighted by molar-refractivity contribution is 8.00. The van der Waals surface area contributed by atoms with E-state index < -0.39 is 0 Å². The summed E-state index contributed by atoms with van der Waals surface area (Å²) in [6.45, 7) is 0. The number of carbonyl (C=O) groups is 3. The number of hydrogen-bond donors (Lipinski definition) is 1. The van der Waals surface area contributed by atoms with E-state index in [1.54, 1.807) is 60.4 Å². The largest absolute Gasteiger partial charge is 0.325 e. The van der Waals surface area contributed by atoms with Crippen LogP contribution in [-0.2, 0) is 11.8 Å². The third-order valence-electron chi connectivity index (χ3n) is 5.04. The Kier molecular flexibility index (Phi) is 4.59. The normalized spacial score (nSPS) is 12.5. The van der Waals surface area contributed by atoms with Crippen LogP contribution in [-0.4, -0.2) is 43.0 Å². The van der Waals surface area contributed by atoms with Gasteiger partial charge in [-0.15, -0.1) is 0 Å². The van der Waals surface area contributed by atoms with Gasteiger partial charge in [0.25, 0.3) is 0 Å². The van der Waals surface area contributed by atoms with Gasteiger partial charge in [-0.25, -0.2) is 9.97 Å². The van der Waals surface area contributed by atoms with E-state index in [0.29, 0.717) is 38.6 Å². The molecule has 0 spiro atoms. The molecule has 2 aromatic heterocycles. The van der Waals surface area contributed by atoms with E-state index in [9.17, 15) is 14.4 Å². The fourth-order valence-corrected chi connectivity index (χ4v) is 4.32. The first kappa shape index (κ1) is 19.1. The molecule has 0 atom stereocenters. The van der Waals surface area contributed by atoms with Crippen LogP contribution in [0.2, 0.25) is 0 Å².